The number of fused-ring (bicyclic) bond motifs is 2. The Bertz CT molecular complexity index is 1960. The fourth-order valence-electron chi connectivity index (χ4n) is 6.51. The molecule has 0 saturated carbocycles. The summed E-state index contributed by atoms with van der Waals surface area (Å²) in [4.78, 5) is 27.0. The minimum absolute atomic E-state index is 0.261. The molecule has 0 bridgehead atoms. The lowest BCUT2D eigenvalue weighted by atomic mass is 9.95. The lowest BCUT2D eigenvalue weighted by Gasteiger charge is -2.32. The van der Waals surface area contributed by atoms with E-state index in [9.17, 15) is 9.18 Å². The van der Waals surface area contributed by atoms with Crippen molar-refractivity contribution < 1.29 is 13.5 Å². The third-order valence-electron chi connectivity index (χ3n) is 9.02. The van der Waals surface area contributed by atoms with Crippen LogP contribution in [0.2, 0.25) is 0 Å². The molecule has 10 nitrogen and oxygen atoms in total. The molecule has 0 amide bonds. The molecule has 2 aromatic heterocycles. The molecule has 2 aliphatic rings. The summed E-state index contributed by atoms with van der Waals surface area (Å²) in [7, 11) is 3.65. The van der Waals surface area contributed by atoms with E-state index < -0.39 is 23.5 Å². The standard InChI is InChI=1S/C35H36FN7O3/c1-21(43-34-30(33(37)38-20-39-34)31(40-43)24-16-25(36)18-26(17-24)45-3)32-29(27-6-4-5-7-28(27)35(44)46-32)23-10-8-22(9-11-23)19-42-14-12-41(2)13-15-42/h4-11,16-18,20-21,31,40H,12-15,19H2,1-3H3,(H2,37,38,39). The fraction of sp³-hybridized carbons (Fsp3) is 0.286. The Kier molecular flexibility index (Phi) is 7.89. The van der Waals surface area contributed by atoms with Crippen LogP contribution in [-0.2, 0) is 6.54 Å². The molecule has 7 rings (SSSR count). The number of methoxy groups -OCH3 is 1. The maximum absolute atomic E-state index is 14.6. The van der Waals surface area contributed by atoms with Gasteiger partial charge in [0.1, 0.15) is 35.5 Å². The van der Waals surface area contributed by atoms with Gasteiger partial charge in [-0.3, -0.25) is 9.91 Å². The van der Waals surface area contributed by atoms with Crippen LogP contribution < -0.4 is 26.5 Å². The molecule has 0 spiro atoms. The number of piperazine rings is 1. The number of benzene rings is 3. The predicted octanol–water partition coefficient (Wildman–Crippen LogP) is 4.90. The van der Waals surface area contributed by atoms with Gasteiger partial charge in [0.05, 0.1) is 24.1 Å². The second-order valence-corrected chi connectivity index (χ2v) is 12.0. The van der Waals surface area contributed by atoms with Gasteiger partial charge in [-0.1, -0.05) is 42.5 Å². The van der Waals surface area contributed by atoms with E-state index in [4.69, 9.17) is 14.9 Å². The van der Waals surface area contributed by atoms with Crippen LogP contribution in [0, 0.1) is 5.82 Å². The highest BCUT2D eigenvalue weighted by molar-refractivity contribution is 5.97. The molecular weight excluding hydrogens is 585 g/mol. The van der Waals surface area contributed by atoms with Crippen LogP contribution in [0.5, 0.6) is 5.75 Å². The van der Waals surface area contributed by atoms with Crippen molar-refractivity contribution in [2.75, 3.05) is 51.1 Å². The van der Waals surface area contributed by atoms with E-state index in [1.165, 1.54) is 31.1 Å². The molecule has 3 N–H and O–H groups in total. The number of hydrogen-bond acceptors (Lipinski definition) is 10. The van der Waals surface area contributed by atoms with Gasteiger partial charge in [0.25, 0.3) is 0 Å². The van der Waals surface area contributed by atoms with Gasteiger partial charge in [-0.05, 0) is 48.9 Å². The molecule has 2 atom stereocenters. The SMILES string of the molecule is COc1cc(F)cc(C2NN(C(C)c3oc(=O)c4ccccc4c3-c3ccc(CN4CCN(C)CC4)cc3)c3ncnc(N)c32)c1. The summed E-state index contributed by atoms with van der Waals surface area (Å²) in [5.41, 5.74) is 13.6. The zero-order chi connectivity index (χ0) is 31.9. The number of rotatable bonds is 7. The Morgan fingerprint density at radius 2 is 1.78 bits per heavy atom. The first-order chi connectivity index (χ1) is 22.3. The predicted molar refractivity (Wildman–Crippen MR) is 176 cm³/mol. The maximum Gasteiger partial charge on any atom is 0.343 e. The van der Waals surface area contributed by atoms with Crippen molar-refractivity contribution in [3.8, 4) is 16.9 Å². The van der Waals surface area contributed by atoms with Gasteiger partial charge in [-0.25, -0.2) is 24.6 Å². The molecule has 11 heteroatoms. The average Bonchev–Trinajstić information content (AvgIpc) is 3.47. The van der Waals surface area contributed by atoms with Crippen LogP contribution in [0.4, 0.5) is 16.0 Å². The highest BCUT2D eigenvalue weighted by atomic mass is 19.1. The molecule has 1 fully saturated rings. The van der Waals surface area contributed by atoms with Crippen molar-refractivity contribution in [1.82, 2.24) is 25.2 Å². The van der Waals surface area contributed by atoms with E-state index >= 15 is 0 Å². The molecule has 236 valence electrons. The number of nitrogens with two attached hydrogens (primary N) is 1. The molecule has 4 heterocycles. The second kappa shape index (κ2) is 12.2. The van der Waals surface area contributed by atoms with Gasteiger partial charge in [0, 0.05) is 49.7 Å². The Labute approximate surface area is 266 Å². The van der Waals surface area contributed by atoms with Crippen molar-refractivity contribution in [2.45, 2.75) is 25.6 Å². The van der Waals surface area contributed by atoms with Crippen LogP contribution in [0.25, 0.3) is 21.9 Å². The minimum Gasteiger partial charge on any atom is -0.497 e. The Hall–Kier alpha value is -4.84. The zero-order valence-corrected chi connectivity index (χ0v) is 26.0. The number of hydrogen-bond donors (Lipinski definition) is 2. The van der Waals surface area contributed by atoms with Gasteiger partial charge < -0.3 is 19.8 Å². The highest BCUT2D eigenvalue weighted by Gasteiger charge is 2.38. The summed E-state index contributed by atoms with van der Waals surface area (Å²) in [5, 5.41) is 3.11. The Morgan fingerprint density at radius 1 is 1.04 bits per heavy atom. The monoisotopic (exact) mass is 621 g/mol. The first-order valence-electron chi connectivity index (χ1n) is 15.4. The first kappa shape index (κ1) is 29.8. The number of nitrogens with one attached hydrogen (secondary N) is 1. The van der Waals surface area contributed by atoms with E-state index in [0.717, 1.165) is 49.2 Å². The summed E-state index contributed by atoms with van der Waals surface area (Å²) in [6.45, 7) is 7.01. The molecule has 2 aliphatic heterocycles. The minimum atomic E-state index is -0.576. The number of aromatic nitrogens is 2. The molecule has 1 saturated heterocycles. The molecule has 46 heavy (non-hydrogen) atoms. The number of likely N-dealkylation sites (N-methyl/N-ethyl adjacent to an activating group) is 1. The molecular formula is C35H36FN7O3. The second-order valence-electron chi connectivity index (χ2n) is 12.0. The van der Waals surface area contributed by atoms with Gasteiger partial charge in [0.15, 0.2) is 5.82 Å². The van der Waals surface area contributed by atoms with Gasteiger partial charge >= 0.3 is 5.63 Å². The van der Waals surface area contributed by atoms with Crippen LogP contribution in [0.3, 0.4) is 0 Å². The maximum atomic E-state index is 14.6. The average molecular weight is 622 g/mol. The molecule has 0 radical (unpaired) electrons. The van der Waals surface area contributed by atoms with Crippen LogP contribution in [0.1, 0.15) is 41.5 Å². The van der Waals surface area contributed by atoms with E-state index in [-0.39, 0.29) is 5.82 Å². The number of hydrazine groups is 1. The molecule has 5 aromatic rings. The van der Waals surface area contributed by atoms with Crippen molar-refractivity contribution >= 4 is 22.4 Å². The Balaban J connectivity index is 1.30. The van der Waals surface area contributed by atoms with Gasteiger partial charge in [-0.2, -0.15) is 0 Å². The van der Waals surface area contributed by atoms with Crippen LogP contribution in [-0.4, -0.2) is 60.1 Å². The fourth-order valence-corrected chi connectivity index (χ4v) is 6.51. The van der Waals surface area contributed by atoms with E-state index in [2.05, 4.69) is 56.5 Å². The quantitative estimate of drug-likeness (QED) is 0.260. The molecule has 0 aliphatic carbocycles. The highest BCUT2D eigenvalue weighted by Crippen LogP contribution is 2.44. The van der Waals surface area contributed by atoms with Crippen LogP contribution in [0.15, 0.2) is 82.3 Å². The van der Waals surface area contributed by atoms with Crippen molar-refractivity contribution in [1.29, 1.82) is 0 Å². The van der Waals surface area contributed by atoms with Crippen molar-refractivity contribution in [3.05, 3.63) is 112 Å². The van der Waals surface area contributed by atoms with Crippen LogP contribution >= 0.6 is 0 Å². The summed E-state index contributed by atoms with van der Waals surface area (Å²) >= 11 is 0. The topological polar surface area (TPSA) is 113 Å². The number of nitrogens with zero attached hydrogens (tertiary/aromatic N) is 5. The molecule has 3 aromatic carbocycles. The lowest BCUT2D eigenvalue weighted by Crippen LogP contribution is -2.43. The first-order valence-corrected chi connectivity index (χ1v) is 15.4. The zero-order valence-electron chi connectivity index (χ0n) is 26.0. The summed E-state index contributed by atoms with van der Waals surface area (Å²) < 4.78 is 26.1. The smallest absolute Gasteiger partial charge is 0.343 e. The largest absolute Gasteiger partial charge is 0.497 e. The van der Waals surface area contributed by atoms with Gasteiger partial charge in [0.2, 0.25) is 0 Å². The van der Waals surface area contributed by atoms with Crippen molar-refractivity contribution in [3.63, 3.8) is 0 Å². The van der Waals surface area contributed by atoms with E-state index in [0.29, 0.717) is 33.8 Å². The number of halogens is 1. The number of nitrogen functional groups attached to an aromatic ring is 1. The summed E-state index contributed by atoms with van der Waals surface area (Å²) in [6, 6.07) is 19.3. The summed E-state index contributed by atoms with van der Waals surface area (Å²) in [6.07, 6.45) is 1.39. The normalized spacial score (nSPS) is 17.7. The van der Waals surface area contributed by atoms with E-state index in [1.807, 2.05) is 30.1 Å². The van der Waals surface area contributed by atoms with E-state index in [1.54, 1.807) is 12.1 Å². The third kappa shape index (κ3) is 5.46. The lowest BCUT2D eigenvalue weighted by molar-refractivity contribution is 0.148. The Morgan fingerprint density at radius 3 is 2.52 bits per heavy atom. The number of anilines is 2. The summed E-state index contributed by atoms with van der Waals surface area (Å²) in [5.74, 6) is 1.16. The third-order valence-corrected chi connectivity index (χ3v) is 9.02. The van der Waals surface area contributed by atoms with Gasteiger partial charge in [-0.15, -0.1) is 0 Å². The number of ether oxygens (including phenoxy) is 1. The molecule has 2 unspecified atom stereocenters. The van der Waals surface area contributed by atoms with Crippen molar-refractivity contribution in [2.24, 2.45) is 0 Å².